The molecule has 3 aromatic rings. The number of aromatic nitrogens is 2. The molecule has 1 aromatic heterocycles. The zero-order valence-corrected chi connectivity index (χ0v) is 21.6. The molecule has 1 amide bonds. The van der Waals surface area contributed by atoms with Crippen LogP contribution in [0.1, 0.15) is 61.8 Å². The summed E-state index contributed by atoms with van der Waals surface area (Å²) in [5, 5.41) is 0. The topological polar surface area (TPSA) is 56.6 Å². The molecule has 2 heterocycles. The van der Waals surface area contributed by atoms with Crippen molar-refractivity contribution in [3.05, 3.63) is 70.3 Å². The smallest absolute Gasteiger partial charge is 0.410 e. The second kappa shape index (κ2) is 9.36. The lowest BCUT2D eigenvalue weighted by atomic mass is 10.0. The Balaban J connectivity index is 1.79. The fourth-order valence-electron chi connectivity index (χ4n) is 4.62. The van der Waals surface area contributed by atoms with Gasteiger partial charge in [-0.25, -0.2) is 14.2 Å². The van der Waals surface area contributed by atoms with Crippen molar-refractivity contribution in [3.8, 4) is 17.1 Å². The Kier molecular flexibility index (Phi) is 6.62. The van der Waals surface area contributed by atoms with E-state index in [0.717, 1.165) is 34.1 Å². The normalized spacial score (nSPS) is 15.7. The van der Waals surface area contributed by atoms with E-state index in [4.69, 9.17) is 14.5 Å². The van der Waals surface area contributed by atoms with Crippen LogP contribution >= 0.6 is 0 Å². The van der Waals surface area contributed by atoms with Gasteiger partial charge in [0.2, 0.25) is 0 Å². The van der Waals surface area contributed by atoms with Crippen molar-refractivity contribution in [1.82, 2.24) is 14.5 Å². The Labute approximate surface area is 206 Å². The number of rotatable bonds is 4. The van der Waals surface area contributed by atoms with Crippen LogP contribution in [0, 0.1) is 19.7 Å². The molecule has 0 N–H and O–H groups in total. The molecule has 1 atom stereocenters. The monoisotopic (exact) mass is 479 g/mol. The third kappa shape index (κ3) is 5.04. The third-order valence-electron chi connectivity index (χ3n) is 6.38. The SMILES string of the molecule is COc1ccc(Cn2c(-c3cc(C)c(F)c(C)c3)nc3c2CCN(C(=O)OC(C)(C)C)[C@H]3C)cc1. The van der Waals surface area contributed by atoms with Crippen LogP contribution in [0.3, 0.4) is 0 Å². The Hall–Kier alpha value is -3.35. The standard InChI is InChI=1S/C28H34FN3O3/c1-17-14-21(15-18(2)24(17)29)26-30-25-19(3)31(27(33)35-28(4,5)6)13-12-23(25)32(26)16-20-8-10-22(34-7)11-9-20/h8-11,14-15,19H,12-13,16H2,1-7H3/t19-/m0/s1. The molecule has 0 aliphatic carbocycles. The number of benzene rings is 2. The molecule has 0 spiro atoms. The van der Waals surface area contributed by atoms with Gasteiger partial charge < -0.3 is 14.0 Å². The van der Waals surface area contributed by atoms with Crippen molar-refractivity contribution in [2.75, 3.05) is 13.7 Å². The maximum absolute atomic E-state index is 14.4. The maximum atomic E-state index is 14.4. The second-order valence-electron chi connectivity index (χ2n) is 10.2. The van der Waals surface area contributed by atoms with Crippen LogP contribution in [0.4, 0.5) is 9.18 Å². The molecule has 0 fully saturated rings. The van der Waals surface area contributed by atoms with Crippen LogP contribution in [0.5, 0.6) is 5.75 Å². The predicted octanol–water partition coefficient (Wildman–Crippen LogP) is 6.22. The predicted molar refractivity (Wildman–Crippen MR) is 134 cm³/mol. The first-order chi connectivity index (χ1) is 16.5. The molecule has 0 saturated carbocycles. The highest BCUT2D eigenvalue weighted by atomic mass is 19.1. The quantitative estimate of drug-likeness (QED) is 0.446. The van der Waals surface area contributed by atoms with Crippen molar-refractivity contribution in [3.63, 3.8) is 0 Å². The molecule has 0 saturated heterocycles. The lowest BCUT2D eigenvalue weighted by Gasteiger charge is -2.34. The Morgan fingerprint density at radius 3 is 2.34 bits per heavy atom. The molecule has 7 heteroatoms. The van der Waals surface area contributed by atoms with Gasteiger partial charge in [-0.2, -0.15) is 0 Å². The summed E-state index contributed by atoms with van der Waals surface area (Å²) in [6.45, 7) is 12.3. The lowest BCUT2D eigenvalue weighted by molar-refractivity contribution is 0.0154. The first kappa shape index (κ1) is 24.8. The molecule has 1 aliphatic rings. The van der Waals surface area contributed by atoms with Crippen molar-refractivity contribution in [2.45, 2.75) is 66.2 Å². The maximum Gasteiger partial charge on any atom is 0.410 e. The van der Waals surface area contributed by atoms with Crippen LogP contribution in [-0.2, 0) is 17.7 Å². The van der Waals surface area contributed by atoms with Gasteiger partial charge in [-0.15, -0.1) is 0 Å². The number of ether oxygens (including phenoxy) is 2. The molecule has 4 rings (SSSR count). The van der Waals surface area contributed by atoms with Crippen LogP contribution in [0.25, 0.3) is 11.4 Å². The number of hydrogen-bond donors (Lipinski definition) is 0. The fraction of sp³-hybridized carbons (Fsp3) is 0.429. The zero-order chi connectivity index (χ0) is 25.5. The number of imidazole rings is 1. The minimum atomic E-state index is -0.570. The largest absolute Gasteiger partial charge is 0.497 e. The van der Waals surface area contributed by atoms with Gasteiger partial charge in [0.1, 0.15) is 23.0 Å². The molecule has 0 radical (unpaired) electrons. The van der Waals surface area contributed by atoms with Crippen molar-refractivity contribution in [1.29, 1.82) is 0 Å². The number of halogens is 1. The number of carbonyl (C=O) groups excluding carboxylic acids is 1. The van der Waals surface area contributed by atoms with E-state index in [0.29, 0.717) is 30.6 Å². The number of hydrogen-bond acceptors (Lipinski definition) is 4. The van der Waals surface area contributed by atoms with E-state index in [1.165, 1.54) is 0 Å². The lowest BCUT2D eigenvalue weighted by Crippen LogP contribution is -2.42. The Bertz CT molecular complexity index is 1220. The summed E-state index contributed by atoms with van der Waals surface area (Å²) in [5.74, 6) is 1.37. The molecular formula is C28H34FN3O3. The van der Waals surface area contributed by atoms with E-state index in [2.05, 4.69) is 4.57 Å². The molecule has 0 unspecified atom stereocenters. The molecule has 1 aliphatic heterocycles. The molecule has 2 aromatic carbocycles. The fourth-order valence-corrected chi connectivity index (χ4v) is 4.62. The third-order valence-corrected chi connectivity index (χ3v) is 6.38. The highest BCUT2D eigenvalue weighted by Crippen LogP contribution is 2.35. The van der Waals surface area contributed by atoms with Gasteiger partial charge in [0, 0.05) is 30.8 Å². The Morgan fingerprint density at radius 1 is 1.14 bits per heavy atom. The summed E-state index contributed by atoms with van der Waals surface area (Å²) in [4.78, 5) is 19.7. The van der Waals surface area contributed by atoms with Crippen LogP contribution in [0.15, 0.2) is 36.4 Å². The molecule has 0 bridgehead atoms. The van der Waals surface area contributed by atoms with Crippen molar-refractivity contribution in [2.24, 2.45) is 0 Å². The molecule has 186 valence electrons. The van der Waals surface area contributed by atoms with E-state index in [1.54, 1.807) is 25.9 Å². The highest BCUT2D eigenvalue weighted by molar-refractivity contribution is 5.69. The van der Waals surface area contributed by atoms with Crippen molar-refractivity contribution >= 4 is 6.09 Å². The summed E-state index contributed by atoms with van der Waals surface area (Å²) >= 11 is 0. The average molecular weight is 480 g/mol. The van der Waals surface area contributed by atoms with Gasteiger partial charge >= 0.3 is 6.09 Å². The summed E-state index contributed by atoms with van der Waals surface area (Å²) in [6, 6.07) is 11.4. The number of methoxy groups -OCH3 is 1. The minimum Gasteiger partial charge on any atom is -0.497 e. The van der Waals surface area contributed by atoms with Crippen molar-refractivity contribution < 1.29 is 18.7 Å². The number of carbonyl (C=O) groups is 1. The zero-order valence-electron chi connectivity index (χ0n) is 21.6. The van der Waals surface area contributed by atoms with Gasteiger partial charge in [-0.05, 0) is 82.5 Å². The van der Waals surface area contributed by atoms with E-state index in [-0.39, 0.29) is 18.0 Å². The summed E-state index contributed by atoms with van der Waals surface area (Å²) in [6.07, 6.45) is 0.316. The summed E-state index contributed by atoms with van der Waals surface area (Å²) in [5.41, 5.74) is 4.50. The van der Waals surface area contributed by atoms with Crippen LogP contribution in [0.2, 0.25) is 0 Å². The summed E-state index contributed by atoms with van der Waals surface area (Å²) in [7, 11) is 1.65. The number of nitrogens with zero attached hydrogens (tertiary/aromatic N) is 3. The van der Waals surface area contributed by atoms with Gasteiger partial charge in [-0.1, -0.05) is 12.1 Å². The number of aryl methyl sites for hydroxylation is 2. The minimum absolute atomic E-state index is 0.198. The number of amides is 1. The second-order valence-corrected chi connectivity index (χ2v) is 10.2. The first-order valence-electron chi connectivity index (χ1n) is 12.0. The van der Waals surface area contributed by atoms with Gasteiger partial charge in [0.15, 0.2) is 0 Å². The van der Waals surface area contributed by atoms with Gasteiger partial charge in [0.25, 0.3) is 0 Å². The van der Waals surface area contributed by atoms with Crippen LogP contribution in [-0.4, -0.2) is 39.8 Å². The molecule has 6 nitrogen and oxygen atoms in total. The van der Waals surface area contributed by atoms with E-state index < -0.39 is 5.60 Å². The van der Waals surface area contributed by atoms with Gasteiger partial charge in [-0.3, -0.25) is 4.90 Å². The number of fused-ring (bicyclic) bond motifs is 1. The van der Waals surface area contributed by atoms with E-state index in [9.17, 15) is 9.18 Å². The first-order valence-corrected chi connectivity index (χ1v) is 12.0. The highest BCUT2D eigenvalue weighted by Gasteiger charge is 2.35. The molecular weight excluding hydrogens is 445 g/mol. The van der Waals surface area contributed by atoms with E-state index >= 15 is 0 Å². The average Bonchev–Trinajstić information content (AvgIpc) is 3.16. The molecule has 35 heavy (non-hydrogen) atoms. The Morgan fingerprint density at radius 2 is 1.77 bits per heavy atom. The van der Waals surface area contributed by atoms with Crippen LogP contribution < -0.4 is 4.74 Å². The summed E-state index contributed by atoms with van der Waals surface area (Å²) < 4.78 is 27.6. The van der Waals surface area contributed by atoms with Gasteiger partial charge in [0.05, 0.1) is 18.8 Å². The van der Waals surface area contributed by atoms with E-state index in [1.807, 2.05) is 64.1 Å².